The molecule has 0 aliphatic rings. The molecular formula is C18H21N3O2S2. The Morgan fingerprint density at radius 1 is 1.08 bits per heavy atom. The molecule has 0 aliphatic carbocycles. The third-order valence-electron chi connectivity index (χ3n) is 3.38. The Labute approximate surface area is 156 Å². The zero-order valence-electron chi connectivity index (χ0n) is 14.0. The molecule has 0 unspecified atom stereocenters. The third-order valence-corrected chi connectivity index (χ3v) is 4.46. The molecule has 2 aromatic rings. The smallest absolute Gasteiger partial charge is 0.267 e. The molecule has 5 nitrogen and oxygen atoms in total. The molecule has 0 aliphatic heterocycles. The van der Waals surface area contributed by atoms with Crippen molar-refractivity contribution in [1.82, 2.24) is 5.32 Å². The Kier molecular flexibility index (Phi) is 7.56. The highest BCUT2D eigenvalue weighted by Crippen LogP contribution is 2.16. The van der Waals surface area contributed by atoms with Crippen molar-refractivity contribution < 1.29 is 9.59 Å². The molecule has 2 rings (SSSR count). The number of thiophene rings is 1. The van der Waals surface area contributed by atoms with E-state index in [2.05, 4.69) is 22.9 Å². The van der Waals surface area contributed by atoms with Gasteiger partial charge >= 0.3 is 0 Å². The molecule has 132 valence electrons. The first-order valence-electron chi connectivity index (χ1n) is 8.14. The van der Waals surface area contributed by atoms with Gasteiger partial charge in [-0.15, -0.1) is 11.3 Å². The highest BCUT2D eigenvalue weighted by molar-refractivity contribution is 7.80. The number of carbonyl (C=O) groups is 2. The van der Waals surface area contributed by atoms with Crippen molar-refractivity contribution in [3.8, 4) is 0 Å². The van der Waals surface area contributed by atoms with Crippen molar-refractivity contribution in [2.75, 3.05) is 10.6 Å². The Morgan fingerprint density at radius 3 is 2.52 bits per heavy atom. The van der Waals surface area contributed by atoms with Gasteiger partial charge in [0.15, 0.2) is 5.11 Å². The maximum Gasteiger partial charge on any atom is 0.267 e. The lowest BCUT2D eigenvalue weighted by molar-refractivity contribution is -0.116. The summed E-state index contributed by atoms with van der Waals surface area (Å²) in [6.07, 6.45) is 3.54. The number of hydrogen-bond donors (Lipinski definition) is 3. The van der Waals surface area contributed by atoms with Gasteiger partial charge in [-0.25, -0.2) is 0 Å². The fraction of sp³-hybridized carbons (Fsp3) is 0.278. The number of carbonyl (C=O) groups excluding carboxylic acids is 2. The maximum absolute atomic E-state index is 12.0. The number of nitrogens with one attached hydrogen (secondary N) is 3. The van der Waals surface area contributed by atoms with Crippen LogP contribution in [0.5, 0.6) is 0 Å². The second-order valence-electron chi connectivity index (χ2n) is 5.47. The van der Waals surface area contributed by atoms with Crippen LogP contribution in [0.4, 0.5) is 11.4 Å². The first kappa shape index (κ1) is 19.1. The largest absolute Gasteiger partial charge is 0.332 e. The SMILES string of the molecule is CCCCCC(=O)Nc1cccc(NC(=S)NC(=O)c2cccs2)c1. The Bertz CT molecular complexity index is 730. The van der Waals surface area contributed by atoms with Crippen LogP contribution < -0.4 is 16.0 Å². The van der Waals surface area contributed by atoms with E-state index in [0.717, 1.165) is 19.3 Å². The van der Waals surface area contributed by atoms with Crippen molar-refractivity contribution in [2.24, 2.45) is 0 Å². The summed E-state index contributed by atoms with van der Waals surface area (Å²) in [7, 11) is 0. The summed E-state index contributed by atoms with van der Waals surface area (Å²) in [6.45, 7) is 2.10. The number of benzene rings is 1. The average Bonchev–Trinajstić information content (AvgIpc) is 3.10. The van der Waals surface area contributed by atoms with Gasteiger partial charge < -0.3 is 10.6 Å². The summed E-state index contributed by atoms with van der Waals surface area (Å²) in [6, 6.07) is 10.8. The summed E-state index contributed by atoms with van der Waals surface area (Å²) in [5.74, 6) is -0.243. The van der Waals surface area contributed by atoms with Crippen LogP contribution in [-0.4, -0.2) is 16.9 Å². The van der Waals surface area contributed by atoms with Gasteiger partial charge in [0.1, 0.15) is 0 Å². The van der Waals surface area contributed by atoms with Crippen molar-refractivity contribution in [1.29, 1.82) is 0 Å². The molecular weight excluding hydrogens is 354 g/mol. The van der Waals surface area contributed by atoms with Gasteiger partial charge in [0.2, 0.25) is 5.91 Å². The van der Waals surface area contributed by atoms with Gasteiger partial charge in [-0.05, 0) is 48.3 Å². The number of thiocarbonyl (C=S) groups is 1. The van der Waals surface area contributed by atoms with E-state index in [-0.39, 0.29) is 16.9 Å². The van der Waals surface area contributed by atoms with Gasteiger partial charge in [-0.1, -0.05) is 31.9 Å². The van der Waals surface area contributed by atoms with Crippen molar-refractivity contribution >= 4 is 51.9 Å². The molecule has 25 heavy (non-hydrogen) atoms. The van der Waals surface area contributed by atoms with E-state index >= 15 is 0 Å². The van der Waals surface area contributed by atoms with Crippen molar-refractivity contribution in [3.05, 3.63) is 46.7 Å². The fourth-order valence-electron chi connectivity index (χ4n) is 2.17. The van der Waals surface area contributed by atoms with Crippen molar-refractivity contribution in [3.63, 3.8) is 0 Å². The highest BCUT2D eigenvalue weighted by atomic mass is 32.1. The Hall–Kier alpha value is -2.25. The topological polar surface area (TPSA) is 70.2 Å². The normalized spacial score (nSPS) is 10.1. The van der Waals surface area contributed by atoms with Crippen molar-refractivity contribution in [2.45, 2.75) is 32.6 Å². The monoisotopic (exact) mass is 375 g/mol. The summed E-state index contributed by atoms with van der Waals surface area (Å²) < 4.78 is 0. The van der Waals surface area contributed by atoms with E-state index in [0.29, 0.717) is 22.7 Å². The third kappa shape index (κ3) is 6.64. The van der Waals surface area contributed by atoms with Gasteiger partial charge in [-0.3, -0.25) is 14.9 Å². The molecule has 0 fully saturated rings. The standard InChI is InChI=1S/C18H21N3O2S2/c1-2-3-4-10-16(22)19-13-7-5-8-14(12-13)20-18(24)21-17(23)15-9-6-11-25-15/h5-9,11-12H,2-4,10H2,1H3,(H,19,22)(H2,20,21,23,24). The summed E-state index contributed by atoms with van der Waals surface area (Å²) in [4.78, 5) is 24.4. The number of anilines is 2. The van der Waals surface area contributed by atoms with Crippen LogP contribution in [0.15, 0.2) is 41.8 Å². The first-order chi connectivity index (χ1) is 12.1. The van der Waals surface area contributed by atoms with Crippen LogP contribution in [0.25, 0.3) is 0 Å². The highest BCUT2D eigenvalue weighted by Gasteiger charge is 2.09. The second kappa shape index (κ2) is 9.90. The minimum Gasteiger partial charge on any atom is -0.332 e. The zero-order valence-corrected chi connectivity index (χ0v) is 15.6. The summed E-state index contributed by atoms with van der Waals surface area (Å²) >= 11 is 6.51. The van der Waals surface area contributed by atoms with Gasteiger partial charge in [0.05, 0.1) is 4.88 Å². The number of unbranched alkanes of at least 4 members (excludes halogenated alkanes) is 2. The number of rotatable bonds is 7. The average molecular weight is 376 g/mol. The lowest BCUT2D eigenvalue weighted by Crippen LogP contribution is -2.33. The molecule has 2 amide bonds. The molecule has 0 atom stereocenters. The first-order valence-corrected chi connectivity index (χ1v) is 9.43. The van der Waals surface area contributed by atoms with Crippen LogP contribution in [0.3, 0.4) is 0 Å². The number of amides is 2. The number of hydrogen-bond acceptors (Lipinski definition) is 4. The molecule has 1 aromatic heterocycles. The lowest BCUT2D eigenvalue weighted by atomic mass is 10.2. The van der Waals surface area contributed by atoms with E-state index in [1.54, 1.807) is 12.1 Å². The Morgan fingerprint density at radius 2 is 1.84 bits per heavy atom. The Balaban J connectivity index is 1.87. The fourth-order valence-corrected chi connectivity index (χ4v) is 3.00. The lowest BCUT2D eigenvalue weighted by Gasteiger charge is -2.11. The zero-order chi connectivity index (χ0) is 18.1. The van der Waals surface area contributed by atoms with Gasteiger partial charge in [-0.2, -0.15) is 0 Å². The summed E-state index contributed by atoms with van der Waals surface area (Å²) in [5, 5.41) is 10.5. The molecule has 3 N–H and O–H groups in total. The molecule has 0 saturated carbocycles. The molecule has 0 radical (unpaired) electrons. The van der Waals surface area contributed by atoms with E-state index < -0.39 is 0 Å². The summed E-state index contributed by atoms with van der Waals surface area (Å²) in [5.41, 5.74) is 1.39. The van der Waals surface area contributed by atoms with E-state index in [1.807, 2.05) is 29.6 Å². The molecule has 0 bridgehead atoms. The van der Waals surface area contributed by atoms with E-state index in [4.69, 9.17) is 12.2 Å². The van der Waals surface area contributed by atoms with Crippen LogP contribution >= 0.6 is 23.6 Å². The van der Waals surface area contributed by atoms with Crippen LogP contribution in [0.1, 0.15) is 42.3 Å². The second-order valence-corrected chi connectivity index (χ2v) is 6.83. The predicted molar refractivity (Wildman–Crippen MR) is 107 cm³/mol. The molecule has 0 spiro atoms. The quantitative estimate of drug-likeness (QED) is 0.496. The molecule has 1 aromatic carbocycles. The molecule has 0 saturated heterocycles. The van der Waals surface area contributed by atoms with Crippen LogP contribution in [0.2, 0.25) is 0 Å². The predicted octanol–water partition coefficient (Wildman–Crippen LogP) is 4.39. The van der Waals surface area contributed by atoms with Gasteiger partial charge in [0, 0.05) is 17.8 Å². The molecule has 7 heteroatoms. The van der Waals surface area contributed by atoms with E-state index in [1.165, 1.54) is 11.3 Å². The minimum absolute atomic E-state index is 0.000764. The molecule has 1 heterocycles. The minimum atomic E-state index is -0.243. The van der Waals surface area contributed by atoms with Crippen LogP contribution in [-0.2, 0) is 4.79 Å². The van der Waals surface area contributed by atoms with Gasteiger partial charge in [0.25, 0.3) is 5.91 Å². The van der Waals surface area contributed by atoms with Crippen LogP contribution in [0, 0.1) is 0 Å². The van der Waals surface area contributed by atoms with E-state index in [9.17, 15) is 9.59 Å². The maximum atomic E-state index is 12.0.